The molecule has 5 rings (SSSR count). The molecule has 3 heterocycles. The Bertz CT molecular complexity index is 1360. The summed E-state index contributed by atoms with van der Waals surface area (Å²) in [7, 11) is 1.56. The average molecular weight is 415 g/mol. The lowest BCUT2D eigenvalue weighted by molar-refractivity contribution is -0.135. The van der Waals surface area contributed by atoms with Gasteiger partial charge in [-0.25, -0.2) is 0 Å². The van der Waals surface area contributed by atoms with E-state index >= 15 is 0 Å². The number of phenolic OH excluding ortho intramolecular Hbond substituents is 1. The number of hydrogen-bond donors (Lipinski definition) is 1. The van der Waals surface area contributed by atoms with E-state index in [4.69, 9.17) is 13.9 Å². The number of ether oxygens (including phenoxy) is 2. The second kappa shape index (κ2) is 7.28. The van der Waals surface area contributed by atoms with Crippen LogP contribution < -0.4 is 14.9 Å². The molecule has 2 aromatic carbocycles. The topological polar surface area (TPSA) is 98.9 Å². The van der Waals surface area contributed by atoms with E-state index < -0.39 is 11.9 Å². The first-order chi connectivity index (χ1) is 15.1. The SMILES string of the molecule is COc1ccc(-c2coc3c4c(cc(O)c3c2=O)OC(=O)CC4c2cccnc2)cc1. The van der Waals surface area contributed by atoms with Gasteiger partial charge in [0.05, 0.1) is 19.1 Å². The first-order valence-electron chi connectivity index (χ1n) is 9.63. The molecule has 1 atom stereocenters. The maximum atomic E-state index is 13.3. The fraction of sp³-hybridized carbons (Fsp3) is 0.125. The van der Waals surface area contributed by atoms with E-state index in [1.54, 1.807) is 49.8 Å². The summed E-state index contributed by atoms with van der Waals surface area (Å²) in [6, 6.07) is 11.9. The van der Waals surface area contributed by atoms with Crippen molar-refractivity contribution in [3.8, 4) is 28.4 Å². The fourth-order valence-corrected chi connectivity index (χ4v) is 3.97. The highest BCUT2D eigenvalue weighted by Gasteiger charge is 2.33. The number of aromatic nitrogens is 1. The van der Waals surface area contributed by atoms with Crippen molar-refractivity contribution in [2.24, 2.45) is 0 Å². The van der Waals surface area contributed by atoms with E-state index in [9.17, 15) is 14.7 Å². The molecule has 1 unspecified atom stereocenters. The zero-order chi connectivity index (χ0) is 21.5. The summed E-state index contributed by atoms with van der Waals surface area (Å²) in [5.74, 6) is -0.319. The van der Waals surface area contributed by atoms with Crippen molar-refractivity contribution < 1.29 is 23.8 Å². The molecular weight excluding hydrogens is 398 g/mol. The van der Waals surface area contributed by atoms with Gasteiger partial charge in [-0.05, 0) is 29.3 Å². The van der Waals surface area contributed by atoms with Crippen LogP contribution in [0.15, 0.2) is 70.3 Å². The van der Waals surface area contributed by atoms with Gasteiger partial charge < -0.3 is 19.0 Å². The summed E-state index contributed by atoms with van der Waals surface area (Å²) in [6.45, 7) is 0. The highest BCUT2D eigenvalue weighted by Crippen LogP contribution is 2.45. The number of phenols is 1. The molecule has 154 valence electrons. The molecule has 4 aromatic rings. The molecule has 2 aromatic heterocycles. The number of benzene rings is 2. The van der Waals surface area contributed by atoms with Crippen molar-refractivity contribution in [3.63, 3.8) is 0 Å². The number of esters is 1. The smallest absolute Gasteiger partial charge is 0.312 e. The van der Waals surface area contributed by atoms with Crippen molar-refractivity contribution in [2.75, 3.05) is 7.11 Å². The highest BCUT2D eigenvalue weighted by atomic mass is 16.5. The van der Waals surface area contributed by atoms with Crippen LogP contribution in [0.2, 0.25) is 0 Å². The van der Waals surface area contributed by atoms with Crippen LogP contribution in [0.5, 0.6) is 17.2 Å². The van der Waals surface area contributed by atoms with Gasteiger partial charge in [-0.3, -0.25) is 14.6 Å². The summed E-state index contributed by atoms with van der Waals surface area (Å²) >= 11 is 0. The van der Waals surface area contributed by atoms with Gasteiger partial charge >= 0.3 is 5.97 Å². The number of methoxy groups -OCH3 is 1. The van der Waals surface area contributed by atoms with Crippen molar-refractivity contribution in [1.82, 2.24) is 4.98 Å². The van der Waals surface area contributed by atoms with Crippen LogP contribution in [0.25, 0.3) is 22.1 Å². The Labute approximate surface area is 176 Å². The molecule has 1 N–H and O–H groups in total. The van der Waals surface area contributed by atoms with Crippen molar-refractivity contribution in [2.45, 2.75) is 12.3 Å². The van der Waals surface area contributed by atoms with Crippen LogP contribution in [-0.2, 0) is 4.79 Å². The van der Waals surface area contributed by atoms with E-state index in [-0.39, 0.29) is 34.3 Å². The monoisotopic (exact) mass is 415 g/mol. The number of fused-ring (bicyclic) bond motifs is 3. The van der Waals surface area contributed by atoms with Gasteiger partial charge in [0.15, 0.2) is 0 Å². The normalized spacial score (nSPS) is 15.4. The molecule has 1 aliphatic heterocycles. The van der Waals surface area contributed by atoms with Gasteiger partial charge in [-0.15, -0.1) is 0 Å². The molecule has 7 nitrogen and oxygen atoms in total. The van der Waals surface area contributed by atoms with Crippen LogP contribution in [0.3, 0.4) is 0 Å². The minimum absolute atomic E-state index is 0.0407. The summed E-state index contributed by atoms with van der Waals surface area (Å²) in [5, 5.41) is 10.7. The Morgan fingerprint density at radius 3 is 2.68 bits per heavy atom. The molecule has 0 saturated carbocycles. The van der Waals surface area contributed by atoms with Gasteiger partial charge in [0.2, 0.25) is 5.43 Å². The van der Waals surface area contributed by atoms with Crippen molar-refractivity contribution in [1.29, 1.82) is 0 Å². The second-order valence-corrected chi connectivity index (χ2v) is 7.24. The first-order valence-corrected chi connectivity index (χ1v) is 9.63. The number of carbonyl (C=O) groups is 1. The number of pyridine rings is 1. The lowest BCUT2D eigenvalue weighted by Crippen LogP contribution is -2.22. The zero-order valence-electron chi connectivity index (χ0n) is 16.5. The van der Waals surface area contributed by atoms with Crippen molar-refractivity contribution >= 4 is 16.9 Å². The number of rotatable bonds is 3. The molecule has 0 spiro atoms. The maximum absolute atomic E-state index is 13.3. The van der Waals surface area contributed by atoms with E-state index in [2.05, 4.69) is 4.98 Å². The van der Waals surface area contributed by atoms with Gasteiger partial charge in [-0.1, -0.05) is 18.2 Å². The summed E-state index contributed by atoms with van der Waals surface area (Å²) < 4.78 is 16.4. The molecule has 0 bridgehead atoms. The third-order valence-electron chi connectivity index (χ3n) is 5.46. The highest BCUT2D eigenvalue weighted by molar-refractivity contribution is 5.94. The van der Waals surface area contributed by atoms with Crippen LogP contribution >= 0.6 is 0 Å². The molecule has 7 heteroatoms. The number of nitrogens with zero attached hydrogens (tertiary/aromatic N) is 1. The quantitative estimate of drug-likeness (QED) is 0.399. The van der Waals surface area contributed by atoms with Gasteiger partial charge in [0.25, 0.3) is 0 Å². The lowest BCUT2D eigenvalue weighted by Gasteiger charge is -2.25. The third kappa shape index (κ3) is 3.11. The summed E-state index contributed by atoms with van der Waals surface area (Å²) in [4.78, 5) is 29.7. The average Bonchev–Trinajstić information content (AvgIpc) is 2.79. The van der Waals surface area contributed by atoms with Gasteiger partial charge in [0.1, 0.15) is 34.5 Å². The van der Waals surface area contributed by atoms with E-state index in [0.29, 0.717) is 22.4 Å². The molecular formula is C24H17NO6. The molecule has 0 amide bonds. The third-order valence-corrected chi connectivity index (χ3v) is 5.46. The number of carbonyl (C=O) groups excluding carboxylic acids is 1. The Morgan fingerprint density at radius 2 is 1.97 bits per heavy atom. The Kier molecular flexibility index (Phi) is 4.43. The predicted molar refractivity (Wildman–Crippen MR) is 112 cm³/mol. The van der Waals surface area contributed by atoms with E-state index in [1.165, 1.54) is 12.3 Å². The number of aromatic hydroxyl groups is 1. The van der Waals surface area contributed by atoms with Gasteiger partial charge in [-0.2, -0.15) is 0 Å². The zero-order valence-corrected chi connectivity index (χ0v) is 16.5. The van der Waals surface area contributed by atoms with Crippen LogP contribution in [0, 0.1) is 0 Å². The summed E-state index contributed by atoms with van der Waals surface area (Å²) in [6.07, 6.45) is 4.74. The second-order valence-electron chi connectivity index (χ2n) is 7.24. The fourth-order valence-electron chi connectivity index (χ4n) is 3.97. The minimum atomic E-state index is -0.433. The standard InChI is InChI=1S/C24H17NO6/c1-29-15-6-4-13(5-7-15)17-12-30-24-21-16(14-3-2-8-25-11-14)9-20(27)31-19(21)10-18(26)22(24)23(17)28/h2-8,10-12,16,26H,9H2,1H3. The Hall–Kier alpha value is -4.13. The molecule has 1 aliphatic rings. The molecule has 0 aliphatic carbocycles. The van der Waals surface area contributed by atoms with E-state index in [0.717, 1.165) is 5.56 Å². The summed E-state index contributed by atoms with van der Waals surface area (Å²) in [5.41, 5.74) is 2.07. The van der Waals surface area contributed by atoms with Crippen molar-refractivity contribution in [3.05, 3.63) is 82.5 Å². The first kappa shape index (κ1) is 18.9. The van der Waals surface area contributed by atoms with Crippen LogP contribution in [0.4, 0.5) is 0 Å². The van der Waals surface area contributed by atoms with Crippen LogP contribution in [0.1, 0.15) is 23.5 Å². The number of hydrogen-bond acceptors (Lipinski definition) is 7. The molecule has 31 heavy (non-hydrogen) atoms. The van der Waals surface area contributed by atoms with Crippen LogP contribution in [-0.4, -0.2) is 23.2 Å². The Balaban J connectivity index is 1.75. The molecule has 0 saturated heterocycles. The maximum Gasteiger partial charge on any atom is 0.312 e. The predicted octanol–water partition coefficient (Wildman–Crippen LogP) is 4.01. The largest absolute Gasteiger partial charge is 0.507 e. The Morgan fingerprint density at radius 1 is 1.16 bits per heavy atom. The van der Waals surface area contributed by atoms with Gasteiger partial charge in [0, 0.05) is 29.9 Å². The molecule has 0 fully saturated rings. The van der Waals surface area contributed by atoms with E-state index in [1.807, 2.05) is 6.07 Å². The molecule has 0 radical (unpaired) electrons. The lowest BCUT2D eigenvalue weighted by atomic mass is 9.85. The minimum Gasteiger partial charge on any atom is -0.507 e.